The van der Waals surface area contributed by atoms with Crippen molar-refractivity contribution in [3.8, 4) is 11.5 Å². The minimum atomic E-state index is -1.21. The van der Waals surface area contributed by atoms with Gasteiger partial charge < -0.3 is 24.5 Å². The van der Waals surface area contributed by atoms with Gasteiger partial charge in [-0.05, 0) is 26.7 Å². The van der Waals surface area contributed by atoms with Crippen molar-refractivity contribution in [1.82, 2.24) is 0 Å². The first kappa shape index (κ1) is 23.3. The van der Waals surface area contributed by atoms with Crippen LogP contribution in [0.1, 0.15) is 87.9 Å². The van der Waals surface area contributed by atoms with Gasteiger partial charge in [0.1, 0.15) is 23.2 Å². The molecular weight excluding hydrogens is 400 g/mol. The molecule has 1 aromatic heterocycles. The van der Waals surface area contributed by atoms with Gasteiger partial charge in [-0.3, -0.25) is 4.79 Å². The summed E-state index contributed by atoms with van der Waals surface area (Å²) in [5, 5.41) is 32.7. The van der Waals surface area contributed by atoms with Crippen LogP contribution in [0.4, 0.5) is 0 Å². The molecule has 2 heterocycles. The topological polar surface area (TPSA) is 117 Å². The Labute approximate surface area is 181 Å². The number of aliphatic hydroxyl groups excluding tert-OH is 1. The van der Waals surface area contributed by atoms with E-state index < -0.39 is 29.4 Å². The van der Waals surface area contributed by atoms with Gasteiger partial charge in [-0.25, -0.2) is 4.79 Å². The highest BCUT2D eigenvalue weighted by Gasteiger charge is 2.41. The number of aliphatic hydroxyl groups is 2. The quantitative estimate of drug-likeness (QED) is 0.426. The van der Waals surface area contributed by atoms with Crippen LogP contribution in [-0.2, 0) is 6.42 Å². The molecule has 0 saturated heterocycles. The van der Waals surface area contributed by atoms with Crippen LogP contribution in [0.3, 0.4) is 0 Å². The first-order chi connectivity index (χ1) is 14.5. The summed E-state index contributed by atoms with van der Waals surface area (Å²) >= 11 is 0. The zero-order chi connectivity index (χ0) is 23.1. The van der Waals surface area contributed by atoms with Gasteiger partial charge in [-0.1, -0.05) is 33.6 Å². The summed E-state index contributed by atoms with van der Waals surface area (Å²) in [7, 11) is 0. The molecule has 2 aromatic rings. The first-order valence-electron chi connectivity index (χ1n) is 11.0. The molecular formula is C24H32O7. The second-order valence-electron chi connectivity index (χ2n) is 9.05. The van der Waals surface area contributed by atoms with Crippen LogP contribution in [0, 0.1) is 5.92 Å². The predicted octanol–water partition coefficient (Wildman–Crippen LogP) is 4.03. The maximum Gasteiger partial charge on any atom is 0.336 e. The second kappa shape index (κ2) is 8.63. The normalized spacial score (nSPS) is 18.0. The van der Waals surface area contributed by atoms with Crippen LogP contribution >= 0.6 is 0 Å². The van der Waals surface area contributed by atoms with Crippen LogP contribution in [0.5, 0.6) is 11.5 Å². The van der Waals surface area contributed by atoms with E-state index in [2.05, 4.69) is 0 Å². The fraction of sp³-hybridized carbons (Fsp3) is 0.583. The highest BCUT2D eigenvalue weighted by atomic mass is 16.5. The van der Waals surface area contributed by atoms with Gasteiger partial charge in [0.25, 0.3) is 0 Å². The Kier molecular flexibility index (Phi) is 6.48. The van der Waals surface area contributed by atoms with E-state index in [4.69, 9.17) is 9.15 Å². The molecule has 0 fully saturated rings. The van der Waals surface area contributed by atoms with Gasteiger partial charge in [0.05, 0.1) is 17.1 Å². The van der Waals surface area contributed by atoms with Crippen molar-refractivity contribution in [3.63, 3.8) is 0 Å². The number of hydrogen-bond donors (Lipinski definition) is 3. The number of carbonyl (C=O) groups is 1. The maximum absolute atomic E-state index is 13.2. The summed E-state index contributed by atoms with van der Waals surface area (Å²) < 4.78 is 11.5. The number of fused-ring (bicyclic) bond motifs is 3. The molecule has 0 saturated carbocycles. The Bertz CT molecular complexity index is 1040. The number of ether oxygens (including phenoxy) is 1. The summed E-state index contributed by atoms with van der Waals surface area (Å²) in [5.41, 5.74) is -1.38. The van der Waals surface area contributed by atoms with Gasteiger partial charge >= 0.3 is 5.63 Å². The molecule has 3 unspecified atom stereocenters. The number of phenols is 1. The molecule has 0 amide bonds. The van der Waals surface area contributed by atoms with Crippen LogP contribution in [0.2, 0.25) is 0 Å². The third-order valence-electron chi connectivity index (χ3n) is 6.18. The number of hydrogen-bond acceptors (Lipinski definition) is 7. The monoisotopic (exact) mass is 432 g/mol. The smallest absolute Gasteiger partial charge is 0.336 e. The predicted molar refractivity (Wildman–Crippen MR) is 117 cm³/mol. The number of aromatic hydroxyl groups is 1. The Morgan fingerprint density at radius 1 is 1.32 bits per heavy atom. The third kappa shape index (κ3) is 4.21. The first-order valence-corrected chi connectivity index (χ1v) is 11.0. The highest BCUT2D eigenvalue weighted by Crippen LogP contribution is 2.49. The average molecular weight is 433 g/mol. The van der Waals surface area contributed by atoms with Crippen LogP contribution in [0.15, 0.2) is 15.3 Å². The average Bonchev–Trinajstić information content (AvgIpc) is 3.16. The van der Waals surface area contributed by atoms with Gasteiger partial charge in [-0.2, -0.15) is 0 Å². The summed E-state index contributed by atoms with van der Waals surface area (Å²) in [4.78, 5) is 25.6. The number of unbranched alkanes of at least 4 members (excludes halogenated alkanes) is 1. The number of benzene rings is 1. The lowest BCUT2D eigenvalue weighted by molar-refractivity contribution is -0.0225. The molecule has 0 spiro atoms. The number of ketones is 1. The van der Waals surface area contributed by atoms with Crippen LogP contribution in [0.25, 0.3) is 11.0 Å². The van der Waals surface area contributed by atoms with E-state index >= 15 is 0 Å². The fourth-order valence-corrected chi connectivity index (χ4v) is 4.00. The number of carbonyl (C=O) groups excluding carboxylic acids is 1. The largest absolute Gasteiger partial charge is 0.507 e. The fourth-order valence-electron chi connectivity index (χ4n) is 4.00. The molecule has 7 nitrogen and oxygen atoms in total. The van der Waals surface area contributed by atoms with E-state index in [1.54, 1.807) is 20.8 Å². The van der Waals surface area contributed by atoms with Crippen LogP contribution < -0.4 is 10.4 Å². The van der Waals surface area contributed by atoms with Crippen molar-refractivity contribution < 1.29 is 29.3 Å². The zero-order valence-corrected chi connectivity index (χ0v) is 18.8. The molecule has 1 aliphatic rings. The summed E-state index contributed by atoms with van der Waals surface area (Å²) in [5.74, 6) is -0.793. The van der Waals surface area contributed by atoms with E-state index in [1.807, 2.05) is 13.8 Å². The van der Waals surface area contributed by atoms with Crippen molar-refractivity contribution >= 4 is 16.8 Å². The number of rotatable bonds is 8. The molecule has 0 aliphatic carbocycles. The molecule has 0 radical (unpaired) electrons. The Hall–Kier alpha value is -2.38. The Balaban J connectivity index is 2.38. The molecule has 7 heteroatoms. The van der Waals surface area contributed by atoms with Crippen molar-refractivity contribution in [3.05, 3.63) is 33.2 Å². The van der Waals surface area contributed by atoms with Crippen molar-refractivity contribution in [2.45, 2.75) is 84.5 Å². The summed E-state index contributed by atoms with van der Waals surface area (Å²) in [6, 6.07) is 1.22. The molecule has 0 bridgehead atoms. The summed E-state index contributed by atoms with van der Waals surface area (Å²) in [6.45, 7) is 8.81. The molecule has 3 N–H and O–H groups in total. The van der Waals surface area contributed by atoms with Gasteiger partial charge in [0.2, 0.25) is 0 Å². The van der Waals surface area contributed by atoms with Crippen molar-refractivity contribution in [2.24, 2.45) is 5.92 Å². The lowest BCUT2D eigenvalue weighted by atomic mass is 9.88. The van der Waals surface area contributed by atoms with Gasteiger partial charge in [0, 0.05) is 29.5 Å². The minimum Gasteiger partial charge on any atom is -0.507 e. The van der Waals surface area contributed by atoms with Gasteiger partial charge in [-0.15, -0.1) is 0 Å². The van der Waals surface area contributed by atoms with Crippen molar-refractivity contribution in [1.29, 1.82) is 0 Å². The minimum absolute atomic E-state index is 0.0651. The molecule has 3 atom stereocenters. The molecule has 1 aliphatic heterocycles. The molecule has 31 heavy (non-hydrogen) atoms. The van der Waals surface area contributed by atoms with Gasteiger partial charge in [0.15, 0.2) is 11.4 Å². The lowest BCUT2D eigenvalue weighted by Gasteiger charge is -2.25. The standard InChI is InChI=1S/C24H32O7/c1-6-8-9-15(25)13-11-17(26)31-23-18(13)22-14(10-16(30-22)24(4,5)29)21(28)19(23)20(27)12(3)7-2/h11-12,15-16,25,28-29H,6-10H2,1-5H3. The SMILES string of the molecule is CCCCC(O)c1cc(=O)oc2c(C(=O)C(C)CC)c(O)c3c(c12)OC(C(C)(C)O)C3. The lowest BCUT2D eigenvalue weighted by Crippen LogP contribution is -2.39. The van der Waals surface area contributed by atoms with E-state index in [0.29, 0.717) is 29.4 Å². The molecule has 170 valence electrons. The Morgan fingerprint density at radius 2 is 2.00 bits per heavy atom. The maximum atomic E-state index is 13.2. The Morgan fingerprint density at radius 3 is 2.58 bits per heavy atom. The highest BCUT2D eigenvalue weighted by molar-refractivity contribution is 6.12. The van der Waals surface area contributed by atoms with E-state index in [-0.39, 0.29) is 34.8 Å². The summed E-state index contributed by atoms with van der Waals surface area (Å²) in [6.07, 6.45) is 1.14. The van der Waals surface area contributed by atoms with Crippen molar-refractivity contribution in [2.75, 3.05) is 0 Å². The zero-order valence-electron chi connectivity index (χ0n) is 18.8. The molecule has 1 aromatic carbocycles. The second-order valence-corrected chi connectivity index (χ2v) is 9.05. The van der Waals surface area contributed by atoms with Crippen LogP contribution in [-0.4, -0.2) is 32.8 Å². The van der Waals surface area contributed by atoms with E-state index in [0.717, 1.165) is 12.8 Å². The molecule has 3 rings (SSSR count). The number of Topliss-reactive ketones (excluding diaryl/α,β-unsaturated/α-hetero) is 1. The van der Waals surface area contributed by atoms with E-state index in [1.165, 1.54) is 6.07 Å². The van der Waals surface area contributed by atoms with E-state index in [9.17, 15) is 24.9 Å². The number of phenolic OH excluding ortho intramolecular Hbond substituents is 1. The third-order valence-corrected chi connectivity index (χ3v) is 6.18.